The minimum Gasteiger partial charge on any atom is -0.395 e. The third kappa shape index (κ3) is 4.85. The molecular weight excluding hydrogens is 286 g/mol. The second-order valence-corrected chi connectivity index (χ2v) is 8.44. The Morgan fingerprint density at radius 3 is 2.47 bits per heavy atom. The van der Waals surface area contributed by atoms with Gasteiger partial charge in [0.25, 0.3) is 0 Å². The van der Waals surface area contributed by atoms with Crippen molar-refractivity contribution in [2.45, 2.75) is 43.5 Å². The van der Waals surface area contributed by atoms with E-state index in [1.165, 1.54) is 6.07 Å². The first kappa shape index (κ1) is 16.6. The van der Waals surface area contributed by atoms with E-state index in [0.717, 1.165) is 11.3 Å². The van der Waals surface area contributed by atoms with E-state index in [9.17, 15) is 18.6 Å². The van der Waals surface area contributed by atoms with E-state index >= 15 is 0 Å². The van der Waals surface area contributed by atoms with Gasteiger partial charge in [0.05, 0.1) is 12.7 Å². The van der Waals surface area contributed by atoms with Crippen LogP contribution in [-0.4, -0.2) is 37.4 Å². The topological polar surface area (TPSA) is 86.6 Å². The Morgan fingerprint density at radius 2 is 2.05 bits per heavy atom. The molecule has 1 aromatic rings. The van der Waals surface area contributed by atoms with Crippen molar-refractivity contribution in [3.63, 3.8) is 0 Å². The molecule has 0 aliphatic carbocycles. The summed E-state index contributed by atoms with van der Waals surface area (Å²) in [4.78, 5) is 0. The molecule has 0 aromatic carbocycles. The Hall–Kier alpha value is -0.470. The minimum atomic E-state index is -3.62. The summed E-state index contributed by atoms with van der Waals surface area (Å²) in [6.07, 6.45) is -0.527. The SMILES string of the molecule is CC(C)(C)C(O)CC(CO)NS(=O)(=O)c1cccs1. The first-order chi connectivity index (χ1) is 8.66. The highest BCUT2D eigenvalue weighted by Crippen LogP contribution is 2.23. The molecule has 0 radical (unpaired) electrons. The van der Waals surface area contributed by atoms with Crippen molar-refractivity contribution in [1.82, 2.24) is 4.72 Å². The summed E-state index contributed by atoms with van der Waals surface area (Å²) in [6.45, 7) is 5.23. The highest BCUT2D eigenvalue weighted by atomic mass is 32.2. The molecule has 0 fully saturated rings. The molecule has 3 N–H and O–H groups in total. The zero-order valence-corrected chi connectivity index (χ0v) is 13.0. The van der Waals surface area contributed by atoms with Crippen LogP contribution in [0.1, 0.15) is 27.2 Å². The van der Waals surface area contributed by atoms with Crippen molar-refractivity contribution < 1.29 is 18.6 Å². The van der Waals surface area contributed by atoms with Crippen LogP contribution in [-0.2, 0) is 10.0 Å². The third-order valence-corrected chi connectivity index (χ3v) is 5.73. The molecule has 0 saturated heterocycles. The van der Waals surface area contributed by atoms with E-state index in [2.05, 4.69) is 4.72 Å². The first-order valence-corrected chi connectivity index (χ1v) is 8.38. The van der Waals surface area contributed by atoms with E-state index < -0.39 is 22.2 Å². The smallest absolute Gasteiger partial charge is 0.250 e. The second-order valence-electron chi connectivity index (χ2n) is 5.55. The molecule has 2 unspecified atom stereocenters. The molecule has 2 atom stereocenters. The van der Waals surface area contributed by atoms with Crippen LogP contribution in [0, 0.1) is 5.41 Å². The average molecular weight is 307 g/mol. The maximum atomic E-state index is 12.0. The fourth-order valence-corrected chi connectivity index (χ4v) is 3.73. The van der Waals surface area contributed by atoms with Crippen LogP contribution in [0.4, 0.5) is 0 Å². The van der Waals surface area contributed by atoms with Crippen LogP contribution in [0.2, 0.25) is 0 Å². The Labute approximate surface area is 118 Å². The summed E-state index contributed by atoms with van der Waals surface area (Å²) >= 11 is 1.11. The highest BCUT2D eigenvalue weighted by Gasteiger charge is 2.28. The maximum Gasteiger partial charge on any atom is 0.250 e. The molecule has 19 heavy (non-hydrogen) atoms. The molecule has 0 aliphatic rings. The largest absolute Gasteiger partial charge is 0.395 e. The second kappa shape index (κ2) is 6.32. The molecule has 7 heteroatoms. The van der Waals surface area contributed by atoms with Crippen LogP contribution in [0.25, 0.3) is 0 Å². The maximum absolute atomic E-state index is 12.0. The van der Waals surface area contributed by atoms with Crippen molar-refractivity contribution in [3.05, 3.63) is 17.5 Å². The van der Waals surface area contributed by atoms with Crippen LogP contribution >= 0.6 is 11.3 Å². The number of aliphatic hydroxyl groups excluding tert-OH is 2. The third-order valence-electron chi connectivity index (χ3n) is 2.81. The zero-order valence-electron chi connectivity index (χ0n) is 11.3. The molecule has 1 heterocycles. The van der Waals surface area contributed by atoms with Gasteiger partial charge in [0.2, 0.25) is 10.0 Å². The molecule has 5 nitrogen and oxygen atoms in total. The molecule has 0 amide bonds. The standard InChI is InChI=1S/C12H21NO4S2/c1-12(2,3)10(15)7-9(8-14)13-19(16,17)11-5-4-6-18-11/h4-6,9-10,13-15H,7-8H2,1-3H3. The van der Waals surface area contributed by atoms with E-state index in [4.69, 9.17) is 0 Å². The quantitative estimate of drug-likeness (QED) is 0.736. The summed E-state index contributed by atoms with van der Waals surface area (Å²) in [7, 11) is -3.62. The van der Waals surface area contributed by atoms with Gasteiger partial charge in [-0.05, 0) is 23.3 Å². The molecule has 1 aromatic heterocycles. The first-order valence-electron chi connectivity index (χ1n) is 6.01. The summed E-state index contributed by atoms with van der Waals surface area (Å²) in [5.74, 6) is 0. The fourth-order valence-electron chi connectivity index (χ4n) is 1.48. The van der Waals surface area contributed by atoms with E-state index in [-0.39, 0.29) is 22.7 Å². The van der Waals surface area contributed by atoms with Crippen molar-refractivity contribution in [2.24, 2.45) is 5.41 Å². The number of rotatable bonds is 6. The predicted molar refractivity (Wildman–Crippen MR) is 75.6 cm³/mol. The van der Waals surface area contributed by atoms with Gasteiger partial charge in [0, 0.05) is 6.04 Å². The van der Waals surface area contributed by atoms with Gasteiger partial charge in [-0.25, -0.2) is 13.1 Å². The minimum absolute atomic E-state index is 0.171. The van der Waals surface area contributed by atoms with Crippen LogP contribution in [0.3, 0.4) is 0 Å². The Bertz CT molecular complexity index is 476. The molecule has 0 aliphatic heterocycles. The van der Waals surface area contributed by atoms with Gasteiger partial charge in [-0.2, -0.15) is 0 Å². The van der Waals surface area contributed by atoms with Crippen molar-refractivity contribution in [3.8, 4) is 0 Å². The van der Waals surface area contributed by atoms with Gasteiger partial charge >= 0.3 is 0 Å². The van der Waals surface area contributed by atoms with Crippen molar-refractivity contribution >= 4 is 21.4 Å². The van der Waals surface area contributed by atoms with Crippen molar-refractivity contribution in [2.75, 3.05) is 6.61 Å². The number of thiophene rings is 1. The molecule has 1 rings (SSSR count). The number of sulfonamides is 1. The summed E-state index contributed by atoms with van der Waals surface area (Å²) in [6, 6.07) is 2.46. The molecule has 0 spiro atoms. The summed E-state index contributed by atoms with van der Waals surface area (Å²) < 4.78 is 26.6. The van der Waals surface area contributed by atoms with Gasteiger partial charge in [0.1, 0.15) is 4.21 Å². The Balaban J connectivity index is 2.73. The van der Waals surface area contributed by atoms with Crippen LogP contribution in [0.5, 0.6) is 0 Å². The Kier molecular flexibility index (Phi) is 5.52. The lowest BCUT2D eigenvalue weighted by Gasteiger charge is -2.29. The fraction of sp³-hybridized carbons (Fsp3) is 0.667. The van der Waals surface area contributed by atoms with Gasteiger partial charge in [-0.3, -0.25) is 0 Å². The van der Waals surface area contributed by atoms with E-state index in [0.29, 0.717) is 0 Å². The highest BCUT2D eigenvalue weighted by molar-refractivity contribution is 7.91. The van der Waals surface area contributed by atoms with Gasteiger partial charge < -0.3 is 10.2 Å². The molecule has 110 valence electrons. The van der Waals surface area contributed by atoms with Gasteiger partial charge in [0.15, 0.2) is 0 Å². The molecule has 0 saturated carbocycles. The molecule has 0 bridgehead atoms. The van der Waals surface area contributed by atoms with E-state index in [1.54, 1.807) is 11.4 Å². The lowest BCUT2D eigenvalue weighted by molar-refractivity contribution is 0.0420. The number of hydrogen-bond acceptors (Lipinski definition) is 5. The monoisotopic (exact) mass is 307 g/mol. The average Bonchev–Trinajstić information content (AvgIpc) is 2.80. The summed E-state index contributed by atoms with van der Waals surface area (Å²) in [5, 5.41) is 20.9. The van der Waals surface area contributed by atoms with Crippen LogP contribution < -0.4 is 4.72 Å². The van der Waals surface area contributed by atoms with Crippen molar-refractivity contribution in [1.29, 1.82) is 0 Å². The lowest BCUT2D eigenvalue weighted by Crippen LogP contribution is -2.42. The number of nitrogens with one attached hydrogen (secondary N) is 1. The molecular formula is C12H21NO4S2. The predicted octanol–water partition coefficient (Wildman–Crippen LogP) is 1.18. The number of hydrogen-bond donors (Lipinski definition) is 3. The normalized spacial score (nSPS) is 16.3. The zero-order chi connectivity index (χ0) is 14.7. The lowest BCUT2D eigenvalue weighted by atomic mass is 9.86. The van der Waals surface area contributed by atoms with Crippen LogP contribution in [0.15, 0.2) is 21.7 Å². The number of aliphatic hydroxyl groups is 2. The van der Waals surface area contributed by atoms with E-state index in [1.807, 2.05) is 20.8 Å². The van der Waals surface area contributed by atoms with Gasteiger partial charge in [-0.1, -0.05) is 26.8 Å². The summed E-state index contributed by atoms with van der Waals surface area (Å²) in [5.41, 5.74) is -0.359. The Morgan fingerprint density at radius 1 is 1.42 bits per heavy atom. The van der Waals surface area contributed by atoms with Gasteiger partial charge in [-0.15, -0.1) is 11.3 Å².